The number of amides is 1. The molecule has 1 aliphatic heterocycles. The maximum atomic E-state index is 13.6. The highest BCUT2D eigenvalue weighted by atomic mass is 32.1. The van der Waals surface area contributed by atoms with Crippen LogP contribution in [0.5, 0.6) is 0 Å². The van der Waals surface area contributed by atoms with Gasteiger partial charge in [-0.15, -0.1) is 11.3 Å². The number of rotatable bonds is 4. The van der Waals surface area contributed by atoms with E-state index in [1.165, 1.54) is 17.4 Å². The van der Waals surface area contributed by atoms with E-state index in [-0.39, 0.29) is 29.8 Å². The second-order valence-corrected chi connectivity index (χ2v) is 6.52. The topological polar surface area (TPSA) is 50.3 Å². The number of nitrogens with zero attached hydrogens (tertiary/aromatic N) is 2. The molecular formula is C17H17FN2O2S. The zero-order valence-electron chi connectivity index (χ0n) is 12.6. The molecular weight excluding hydrogens is 315 g/mol. The predicted molar refractivity (Wildman–Crippen MR) is 85.9 cm³/mol. The monoisotopic (exact) mass is 332 g/mol. The molecule has 6 heteroatoms. The first-order valence-electron chi connectivity index (χ1n) is 7.60. The summed E-state index contributed by atoms with van der Waals surface area (Å²) in [4.78, 5) is 30.3. The van der Waals surface area contributed by atoms with Crippen molar-refractivity contribution < 1.29 is 14.0 Å². The predicted octanol–water partition coefficient (Wildman–Crippen LogP) is 2.95. The van der Waals surface area contributed by atoms with Crippen LogP contribution in [0, 0.1) is 11.7 Å². The van der Waals surface area contributed by atoms with Gasteiger partial charge in [-0.2, -0.15) is 0 Å². The van der Waals surface area contributed by atoms with Gasteiger partial charge in [0.1, 0.15) is 5.82 Å². The molecule has 0 saturated carbocycles. The summed E-state index contributed by atoms with van der Waals surface area (Å²) in [5.74, 6) is -0.440. The van der Waals surface area contributed by atoms with Crippen LogP contribution in [-0.4, -0.2) is 34.7 Å². The Hall–Kier alpha value is -2.08. The van der Waals surface area contributed by atoms with Gasteiger partial charge in [0.15, 0.2) is 10.8 Å². The van der Waals surface area contributed by atoms with E-state index < -0.39 is 0 Å². The van der Waals surface area contributed by atoms with Gasteiger partial charge < -0.3 is 4.90 Å². The van der Waals surface area contributed by atoms with Crippen molar-refractivity contribution in [1.29, 1.82) is 0 Å². The third-order valence-corrected chi connectivity index (χ3v) is 4.95. The van der Waals surface area contributed by atoms with Gasteiger partial charge in [0.05, 0.1) is 6.42 Å². The zero-order valence-corrected chi connectivity index (χ0v) is 13.4. The fourth-order valence-corrected chi connectivity index (χ4v) is 3.48. The zero-order chi connectivity index (χ0) is 16.2. The highest BCUT2D eigenvalue weighted by molar-refractivity contribution is 7.11. The first kappa shape index (κ1) is 15.8. The molecule has 0 N–H and O–H groups in total. The lowest BCUT2D eigenvalue weighted by Gasteiger charge is -2.31. The van der Waals surface area contributed by atoms with Gasteiger partial charge in [0.2, 0.25) is 5.91 Å². The molecule has 4 nitrogen and oxygen atoms in total. The number of thiazole rings is 1. The van der Waals surface area contributed by atoms with Crippen LogP contribution < -0.4 is 0 Å². The summed E-state index contributed by atoms with van der Waals surface area (Å²) < 4.78 is 13.6. The minimum atomic E-state index is -0.352. The van der Waals surface area contributed by atoms with Crippen molar-refractivity contribution in [3.63, 3.8) is 0 Å². The number of Topliss-reactive ketones (excluding diaryl/α,β-unsaturated/α-hetero) is 1. The Balaban J connectivity index is 1.55. The van der Waals surface area contributed by atoms with E-state index >= 15 is 0 Å². The van der Waals surface area contributed by atoms with Gasteiger partial charge in [-0.3, -0.25) is 9.59 Å². The Morgan fingerprint density at radius 1 is 1.26 bits per heavy atom. The van der Waals surface area contributed by atoms with E-state index in [9.17, 15) is 14.0 Å². The number of aromatic nitrogens is 1. The lowest BCUT2D eigenvalue weighted by Crippen LogP contribution is -2.41. The van der Waals surface area contributed by atoms with Crippen molar-refractivity contribution in [3.8, 4) is 0 Å². The van der Waals surface area contributed by atoms with Crippen LogP contribution in [0.4, 0.5) is 4.39 Å². The van der Waals surface area contributed by atoms with Crippen LogP contribution in [0.1, 0.15) is 28.2 Å². The Morgan fingerprint density at radius 2 is 2.00 bits per heavy atom. The number of halogens is 1. The molecule has 0 aliphatic carbocycles. The van der Waals surface area contributed by atoms with Crippen molar-refractivity contribution in [1.82, 2.24) is 9.88 Å². The summed E-state index contributed by atoms with van der Waals surface area (Å²) >= 11 is 1.35. The first-order valence-corrected chi connectivity index (χ1v) is 8.48. The Bertz CT molecular complexity index is 694. The summed E-state index contributed by atoms with van der Waals surface area (Å²) in [5.41, 5.74) is 0.415. The minimum absolute atomic E-state index is 0.0672. The number of benzene rings is 1. The van der Waals surface area contributed by atoms with Crippen molar-refractivity contribution in [2.45, 2.75) is 19.3 Å². The SMILES string of the molecule is O=C(c1nccs1)C1CCN(C(=O)Cc2ccccc2F)CC1. The molecule has 1 aliphatic rings. The van der Waals surface area contributed by atoms with Crippen molar-refractivity contribution in [3.05, 3.63) is 52.2 Å². The molecule has 120 valence electrons. The van der Waals surface area contributed by atoms with Crippen LogP contribution in [0.2, 0.25) is 0 Å². The van der Waals surface area contributed by atoms with E-state index in [2.05, 4.69) is 4.98 Å². The van der Waals surface area contributed by atoms with Gasteiger partial charge in [-0.05, 0) is 24.5 Å². The van der Waals surface area contributed by atoms with E-state index in [1.54, 1.807) is 34.7 Å². The smallest absolute Gasteiger partial charge is 0.227 e. The molecule has 0 unspecified atom stereocenters. The molecule has 1 aromatic carbocycles. The van der Waals surface area contributed by atoms with Crippen LogP contribution in [0.15, 0.2) is 35.8 Å². The average molecular weight is 332 g/mol. The number of piperidine rings is 1. The lowest BCUT2D eigenvalue weighted by atomic mass is 9.92. The van der Waals surface area contributed by atoms with Gasteiger partial charge in [-0.1, -0.05) is 18.2 Å². The third kappa shape index (κ3) is 3.64. The Morgan fingerprint density at radius 3 is 2.65 bits per heavy atom. The van der Waals surface area contributed by atoms with E-state index in [0.717, 1.165) is 0 Å². The highest BCUT2D eigenvalue weighted by Crippen LogP contribution is 2.23. The standard InChI is InChI=1S/C17H17FN2O2S/c18-14-4-2-1-3-13(14)11-15(21)20-8-5-12(6-9-20)16(22)17-19-7-10-23-17/h1-4,7,10,12H,5-6,8-9,11H2. The molecule has 0 atom stereocenters. The molecule has 3 rings (SSSR count). The van der Waals surface area contributed by atoms with Crippen molar-refractivity contribution >= 4 is 23.0 Å². The quantitative estimate of drug-likeness (QED) is 0.809. The molecule has 0 bridgehead atoms. The van der Waals surface area contributed by atoms with Crippen molar-refractivity contribution in [2.75, 3.05) is 13.1 Å². The third-order valence-electron chi connectivity index (χ3n) is 4.16. The molecule has 2 aromatic rings. The average Bonchev–Trinajstić information content (AvgIpc) is 3.11. The second kappa shape index (κ2) is 7.00. The Kier molecular flexibility index (Phi) is 4.81. The normalized spacial score (nSPS) is 15.6. The van der Waals surface area contributed by atoms with E-state index in [1.807, 2.05) is 0 Å². The number of hydrogen-bond donors (Lipinski definition) is 0. The van der Waals surface area contributed by atoms with Gasteiger partial charge in [-0.25, -0.2) is 9.37 Å². The molecule has 0 spiro atoms. The number of ketones is 1. The first-order chi connectivity index (χ1) is 11.1. The summed E-state index contributed by atoms with van der Waals surface area (Å²) in [6.07, 6.45) is 2.98. The minimum Gasteiger partial charge on any atom is -0.342 e. The van der Waals surface area contributed by atoms with Crippen LogP contribution in [0.3, 0.4) is 0 Å². The molecule has 1 amide bonds. The summed E-state index contributed by atoms with van der Waals surface area (Å²) in [5, 5.41) is 2.33. The molecule has 23 heavy (non-hydrogen) atoms. The largest absolute Gasteiger partial charge is 0.342 e. The van der Waals surface area contributed by atoms with Crippen molar-refractivity contribution in [2.24, 2.45) is 5.92 Å². The number of carbonyl (C=O) groups is 2. The van der Waals surface area contributed by atoms with E-state index in [0.29, 0.717) is 36.5 Å². The maximum absolute atomic E-state index is 13.6. The van der Waals surface area contributed by atoms with Gasteiger partial charge in [0, 0.05) is 30.6 Å². The van der Waals surface area contributed by atoms with Gasteiger partial charge >= 0.3 is 0 Å². The summed E-state index contributed by atoms with van der Waals surface area (Å²) in [6, 6.07) is 6.33. The second-order valence-electron chi connectivity index (χ2n) is 5.62. The lowest BCUT2D eigenvalue weighted by molar-refractivity contribution is -0.131. The highest BCUT2D eigenvalue weighted by Gasteiger charge is 2.29. The maximum Gasteiger partial charge on any atom is 0.227 e. The molecule has 2 heterocycles. The molecule has 1 aromatic heterocycles. The number of carbonyl (C=O) groups excluding carboxylic acids is 2. The van der Waals surface area contributed by atoms with Crippen LogP contribution in [-0.2, 0) is 11.2 Å². The summed E-state index contributed by atoms with van der Waals surface area (Å²) in [6.45, 7) is 1.07. The van der Waals surface area contributed by atoms with Crippen LogP contribution >= 0.6 is 11.3 Å². The number of likely N-dealkylation sites (tertiary alicyclic amines) is 1. The molecule has 0 radical (unpaired) electrons. The fraction of sp³-hybridized carbons (Fsp3) is 0.353. The Labute approximate surface area is 138 Å². The van der Waals surface area contributed by atoms with Crippen LogP contribution in [0.25, 0.3) is 0 Å². The molecule has 1 fully saturated rings. The van der Waals surface area contributed by atoms with Gasteiger partial charge in [0.25, 0.3) is 0 Å². The summed E-state index contributed by atoms with van der Waals surface area (Å²) in [7, 11) is 0. The van der Waals surface area contributed by atoms with E-state index in [4.69, 9.17) is 0 Å². The number of hydrogen-bond acceptors (Lipinski definition) is 4. The molecule has 1 saturated heterocycles. The fourth-order valence-electron chi connectivity index (χ4n) is 2.83.